The summed E-state index contributed by atoms with van der Waals surface area (Å²) in [5.74, 6) is -0.840. The van der Waals surface area contributed by atoms with Crippen molar-refractivity contribution in [3.8, 4) is 0 Å². The van der Waals surface area contributed by atoms with Crippen molar-refractivity contribution in [2.24, 2.45) is 11.3 Å². The normalized spacial score (nSPS) is 14.6. The lowest BCUT2D eigenvalue weighted by molar-refractivity contribution is -0.156. The molecule has 1 atom stereocenters. The molecule has 0 saturated carbocycles. The van der Waals surface area contributed by atoms with Gasteiger partial charge in [-0.2, -0.15) is 0 Å². The summed E-state index contributed by atoms with van der Waals surface area (Å²) in [6.45, 7) is 5.80. The van der Waals surface area contributed by atoms with Gasteiger partial charge < -0.3 is 9.84 Å². The molecule has 0 aromatic heterocycles. The highest BCUT2D eigenvalue weighted by atomic mass is 16.5. The molecular weight excluding hydrogens is 208 g/mol. The Morgan fingerprint density at radius 2 is 1.94 bits per heavy atom. The number of aliphatic carboxylic acids is 1. The Hall–Kier alpha value is -1.06. The smallest absolute Gasteiger partial charge is 0.309 e. The van der Waals surface area contributed by atoms with E-state index in [1.165, 1.54) is 7.11 Å². The van der Waals surface area contributed by atoms with Crippen LogP contribution in [0.15, 0.2) is 0 Å². The molecule has 16 heavy (non-hydrogen) atoms. The number of carbonyl (C=O) groups is 2. The molecule has 0 amide bonds. The Balaban J connectivity index is 4.34. The van der Waals surface area contributed by atoms with Crippen molar-refractivity contribution < 1.29 is 19.4 Å². The van der Waals surface area contributed by atoms with Crippen molar-refractivity contribution in [2.45, 2.75) is 46.5 Å². The van der Waals surface area contributed by atoms with Gasteiger partial charge in [-0.3, -0.25) is 9.59 Å². The molecule has 0 bridgehead atoms. The molecule has 0 aromatic carbocycles. The average Bonchev–Trinajstić information content (AvgIpc) is 2.16. The summed E-state index contributed by atoms with van der Waals surface area (Å²) in [5.41, 5.74) is -0.998. The fourth-order valence-electron chi connectivity index (χ4n) is 1.56. The first kappa shape index (κ1) is 14.9. The molecule has 0 spiro atoms. The van der Waals surface area contributed by atoms with Gasteiger partial charge in [0, 0.05) is 0 Å². The van der Waals surface area contributed by atoms with Crippen molar-refractivity contribution in [1.82, 2.24) is 0 Å². The maximum absolute atomic E-state index is 11.1. The minimum absolute atomic E-state index is 0.0586. The molecule has 0 radical (unpaired) electrons. The fourth-order valence-corrected chi connectivity index (χ4v) is 1.56. The zero-order chi connectivity index (χ0) is 12.8. The third-order valence-corrected chi connectivity index (χ3v) is 2.79. The second-order valence-electron chi connectivity index (χ2n) is 4.90. The molecule has 0 aromatic rings. The van der Waals surface area contributed by atoms with Crippen molar-refractivity contribution in [2.75, 3.05) is 7.11 Å². The van der Waals surface area contributed by atoms with E-state index in [4.69, 9.17) is 5.11 Å². The van der Waals surface area contributed by atoms with Crippen LogP contribution in [0.3, 0.4) is 0 Å². The summed E-state index contributed by atoms with van der Waals surface area (Å²) in [4.78, 5) is 22.3. The Bertz CT molecular complexity index is 247. The minimum atomic E-state index is -0.998. The lowest BCUT2D eigenvalue weighted by Crippen LogP contribution is -2.31. The second-order valence-corrected chi connectivity index (χ2v) is 4.90. The lowest BCUT2D eigenvalue weighted by atomic mass is 9.81. The summed E-state index contributed by atoms with van der Waals surface area (Å²) in [5, 5.41) is 9.13. The van der Waals surface area contributed by atoms with E-state index < -0.39 is 17.4 Å². The summed E-state index contributed by atoms with van der Waals surface area (Å²) >= 11 is 0. The number of carboxylic acids is 1. The molecule has 0 fully saturated rings. The Labute approximate surface area is 97.0 Å². The van der Waals surface area contributed by atoms with Crippen molar-refractivity contribution in [3.05, 3.63) is 0 Å². The molecular formula is C12H22O4. The predicted octanol–water partition coefficient (Wildman–Crippen LogP) is 2.47. The van der Waals surface area contributed by atoms with Crippen LogP contribution in [-0.2, 0) is 14.3 Å². The van der Waals surface area contributed by atoms with E-state index in [0.29, 0.717) is 12.3 Å². The van der Waals surface area contributed by atoms with Crippen LogP contribution in [0.4, 0.5) is 0 Å². The van der Waals surface area contributed by atoms with Gasteiger partial charge in [0.15, 0.2) is 0 Å². The van der Waals surface area contributed by atoms with E-state index in [2.05, 4.69) is 18.6 Å². The standard InChI is InChI=1S/C12H22O4/c1-9(2)6-5-7-12(3,11(14)15)8-10(13)16-4/h9H,5-8H2,1-4H3,(H,14,15). The quantitative estimate of drug-likeness (QED) is 0.682. The van der Waals surface area contributed by atoms with E-state index in [1.807, 2.05) is 0 Å². The second kappa shape index (κ2) is 6.51. The minimum Gasteiger partial charge on any atom is -0.481 e. The molecule has 0 rings (SSSR count). The third kappa shape index (κ3) is 5.14. The molecule has 4 nitrogen and oxygen atoms in total. The molecule has 94 valence electrons. The monoisotopic (exact) mass is 230 g/mol. The van der Waals surface area contributed by atoms with Gasteiger partial charge in [0.25, 0.3) is 0 Å². The van der Waals surface area contributed by atoms with Crippen molar-refractivity contribution in [1.29, 1.82) is 0 Å². The van der Waals surface area contributed by atoms with Crippen LogP contribution in [0, 0.1) is 11.3 Å². The molecule has 1 unspecified atom stereocenters. The van der Waals surface area contributed by atoms with Crippen LogP contribution in [0.1, 0.15) is 46.5 Å². The van der Waals surface area contributed by atoms with Gasteiger partial charge in [0.05, 0.1) is 18.9 Å². The van der Waals surface area contributed by atoms with Crippen LogP contribution in [0.5, 0.6) is 0 Å². The highest BCUT2D eigenvalue weighted by Crippen LogP contribution is 2.30. The SMILES string of the molecule is COC(=O)CC(C)(CCCC(C)C)C(=O)O. The van der Waals surface area contributed by atoms with E-state index in [9.17, 15) is 9.59 Å². The summed E-state index contributed by atoms with van der Waals surface area (Å²) in [6.07, 6.45) is 2.24. The Morgan fingerprint density at radius 3 is 2.31 bits per heavy atom. The summed E-state index contributed by atoms with van der Waals surface area (Å²) in [6, 6.07) is 0. The van der Waals surface area contributed by atoms with Crippen molar-refractivity contribution in [3.63, 3.8) is 0 Å². The zero-order valence-corrected chi connectivity index (χ0v) is 10.6. The van der Waals surface area contributed by atoms with E-state index in [1.54, 1.807) is 6.92 Å². The van der Waals surface area contributed by atoms with Crippen LogP contribution < -0.4 is 0 Å². The maximum Gasteiger partial charge on any atom is 0.309 e. The molecule has 0 aliphatic carbocycles. The molecule has 0 aliphatic heterocycles. The molecule has 0 heterocycles. The van der Waals surface area contributed by atoms with Crippen LogP contribution in [0.25, 0.3) is 0 Å². The number of hydrogen-bond acceptors (Lipinski definition) is 3. The largest absolute Gasteiger partial charge is 0.481 e. The van der Waals surface area contributed by atoms with Crippen LogP contribution >= 0.6 is 0 Å². The number of esters is 1. The van der Waals surface area contributed by atoms with Crippen molar-refractivity contribution >= 4 is 11.9 Å². The first-order valence-corrected chi connectivity index (χ1v) is 5.62. The van der Waals surface area contributed by atoms with E-state index in [-0.39, 0.29) is 6.42 Å². The van der Waals surface area contributed by atoms with Gasteiger partial charge >= 0.3 is 11.9 Å². The number of hydrogen-bond donors (Lipinski definition) is 1. The highest BCUT2D eigenvalue weighted by Gasteiger charge is 2.35. The van der Waals surface area contributed by atoms with Gasteiger partial charge in [-0.1, -0.05) is 26.7 Å². The maximum atomic E-state index is 11.1. The van der Waals surface area contributed by atoms with Crippen LogP contribution in [0.2, 0.25) is 0 Å². The van der Waals surface area contributed by atoms with Crippen LogP contribution in [-0.4, -0.2) is 24.2 Å². The first-order valence-electron chi connectivity index (χ1n) is 5.62. The third-order valence-electron chi connectivity index (χ3n) is 2.79. The lowest BCUT2D eigenvalue weighted by Gasteiger charge is -2.23. The Morgan fingerprint density at radius 1 is 1.38 bits per heavy atom. The van der Waals surface area contributed by atoms with E-state index in [0.717, 1.165) is 12.8 Å². The number of rotatable bonds is 7. The number of carboxylic acid groups (broad SMARTS) is 1. The predicted molar refractivity (Wildman–Crippen MR) is 61.1 cm³/mol. The van der Waals surface area contributed by atoms with Gasteiger partial charge in [-0.25, -0.2) is 0 Å². The molecule has 0 aliphatic rings. The Kier molecular flexibility index (Phi) is 6.08. The highest BCUT2D eigenvalue weighted by molar-refractivity contribution is 5.81. The average molecular weight is 230 g/mol. The first-order chi connectivity index (χ1) is 7.31. The zero-order valence-electron chi connectivity index (χ0n) is 10.6. The fraction of sp³-hybridized carbons (Fsp3) is 0.833. The van der Waals surface area contributed by atoms with Gasteiger partial charge in [-0.05, 0) is 19.3 Å². The molecule has 1 N–H and O–H groups in total. The summed E-state index contributed by atoms with van der Waals surface area (Å²) in [7, 11) is 1.28. The number of carbonyl (C=O) groups excluding carboxylic acids is 1. The van der Waals surface area contributed by atoms with E-state index >= 15 is 0 Å². The van der Waals surface area contributed by atoms with Gasteiger partial charge in [-0.15, -0.1) is 0 Å². The number of ether oxygens (including phenoxy) is 1. The number of methoxy groups -OCH3 is 1. The van der Waals surface area contributed by atoms with Gasteiger partial charge in [0.2, 0.25) is 0 Å². The van der Waals surface area contributed by atoms with Gasteiger partial charge in [0.1, 0.15) is 0 Å². The molecule has 4 heteroatoms. The topological polar surface area (TPSA) is 63.6 Å². The molecule has 0 saturated heterocycles. The summed E-state index contributed by atoms with van der Waals surface area (Å²) < 4.78 is 4.52.